The van der Waals surface area contributed by atoms with Crippen molar-refractivity contribution in [3.8, 4) is 0 Å². The summed E-state index contributed by atoms with van der Waals surface area (Å²) in [7, 11) is 0. The molecule has 0 amide bonds. The SMILES string of the molecule is O=C(OC1CCCCC1)c1cc(F)ccc1F. The minimum atomic E-state index is -0.770. The molecule has 4 heteroatoms. The molecule has 0 aliphatic heterocycles. The quantitative estimate of drug-likeness (QED) is 0.740. The highest BCUT2D eigenvalue weighted by Gasteiger charge is 2.21. The molecule has 0 unspecified atom stereocenters. The largest absolute Gasteiger partial charge is 0.459 e. The van der Waals surface area contributed by atoms with Crippen LogP contribution in [0.2, 0.25) is 0 Å². The summed E-state index contributed by atoms with van der Waals surface area (Å²) >= 11 is 0. The maximum atomic E-state index is 13.3. The Morgan fingerprint density at radius 3 is 2.59 bits per heavy atom. The Morgan fingerprint density at radius 1 is 1.18 bits per heavy atom. The van der Waals surface area contributed by atoms with Gasteiger partial charge in [-0.25, -0.2) is 13.6 Å². The van der Waals surface area contributed by atoms with E-state index >= 15 is 0 Å². The maximum Gasteiger partial charge on any atom is 0.341 e. The van der Waals surface area contributed by atoms with Crippen molar-refractivity contribution < 1.29 is 18.3 Å². The van der Waals surface area contributed by atoms with Crippen LogP contribution < -0.4 is 0 Å². The van der Waals surface area contributed by atoms with Crippen LogP contribution in [0.4, 0.5) is 8.78 Å². The third-order valence-corrected chi connectivity index (χ3v) is 2.97. The van der Waals surface area contributed by atoms with Gasteiger partial charge in [-0.1, -0.05) is 6.42 Å². The monoisotopic (exact) mass is 240 g/mol. The number of carbonyl (C=O) groups is 1. The lowest BCUT2D eigenvalue weighted by Crippen LogP contribution is -2.21. The number of ether oxygens (including phenoxy) is 1. The summed E-state index contributed by atoms with van der Waals surface area (Å²) in [5, 5.41) is 0. The summed E-state index contributed by atoms with van der Waals surface area (Å²) in [6.07, 6.45) is 4.64. The first kappa shape index (κ1) is 12.0. The van der Waals surface area contributed by atoms with Crippen LogP contribution in [0.15, 0.2) is 18.2 Å². The van der Waals surface area contributed by atoms with Crippen LogP contribution in [-0.2, 0) is 4.74 Å². The molecule has 2 nitrogen and oxygen atoms in total. The van der Waals surface area contributed by atoms with Crippen molar-refractivity contribution in [2.24, 2.45) is 0 Å². The van der Waals surface area contributed by atoms with Crippen molar-refractivity contribution in [1.29, 1.82) is 0 Å². The zero-order valence-corrected chi connectivity index (χ0v) is 9.42. The highest BCUT2D eigenvalue weighted by Crippen LogP contribution is 2.22. The molecule has 0 radical (unpaired) electrons. The zero-order chi connectivity index (χ0) is 12.3. The summed E-state index contributed by atoms with van der Waals surface area (Å²) in [5.41, 5.74) is -0.324. The summed E-state index contributed by atoms with van der Waals surface area (Å²) in [4.78, 5) is 11.7. The first-order chi connectivity index (χ1) is 8.16. The molecule has 1 aromatic rings. The second-order valence-corrected chi connectivity index (χ2v) is 4.29. The molecule has 1 saturated carbocycles. The molecule has 0 saturated heterocycles. The second kappa shape index (κ2) is 5.25. The third-order valence-electron chi connectivity index (χ3n) is 2.97. The van der Waals surface area contributed by atoms with Gasteiger partial charge in [-0.15, -0.1) is 0 Å². The minimum absolute atomic E-state index is 0.154. The zero-order valence-electron chi connectivity index (χ0n) is 9.42. The van der Waals surface area contributed by atoms with Crippen LogP contribution in [-0.4, -0.2) is 12.1 Å². The number of carbonyl (C=O) groups excluding carboxylic acids is 1. The Kier molecular flexibility index (Phi) is 3.71. The van der Waals surface area contributed by atoms with Gasteiger partial charge in [-0.2, -0.15) is 0 Å². The van der Waals surface area contributed by atoms with Gasteiger partial charge in [0.05, 0.1) is 5.56 Å². The van der Waals surface area contributed by atoms with Gasteiger partial charge in [-0.3, -0.25) is 0 Å². The molecule has 1 aliphatic rings. The molecule has 17 heavy (non-hydrogen) atoms. The Labute approximate surface area is 98.6 Å². The highest BCUT2D eigenvalue weighted by molar-refractivity contribution is 5.89. The van der Waals surface area contributed by atoms with Crippen LogP contribution >= 0.6 is 0 Å². The Hall–Kier alpha value is -1.45. The van der Waals surface area contributed by atoms with E-state index in [4.69, 9.17) is 4.74 Å². The molecular weight excluding hydrogens is 226 g/mol. The summed E-state index contributed by atoms with van der Waals surface area (Å²) < 4.78 is 31.4. The topological polar surface area (TPSA) is 26.3 Å². The van der Waals surface area contributed by atoms with E-state index in [2.05, 4.69) is 0 Å². The minimum Gasteiger partial charge on any atom is -0.459 e. The normalized spacial score (nSPS) is 16.8. The van der Waals surface area contributed by atoms with Crippen molar-refractivity contribution in [3.63, 3.8) is 0 Å². The Bertz CT molecular complexity index is 412. The van der Waals surface area contributed by atoms with Crippen LogP contribution in [0, 0.1) is 11.6 Å². The standard InChI is InChI=1S/C13H14F2O2/c14-9-6-7-12(15)11(8-9)13(16)17-10-4-2-1-3-5-10/h6-8,10H,1-5H2. The fourth-order valence-electron chi connectivity index (χ4n) is 2.05. The third kappa shape index (κ3) is 3.02. The van der Waals surface area contributed by atoms with E-state index in [1.807, 2.05) is 0 Å². The van der Waals surface area contributed by atoms with E-state index in [9.17, 15) is 13.6 Å². The van der Waals surface area contributed by atoms with Crippen molar-refractivity contribution in [2.75, 3.05) is 0 Å². The van der Waals surface area contributed by atoms with Crippen molar-refractivity contribution in [1.82, 2.24) is 0 Å². The van der Waals surface area contributed by atoms with Crippen molar-refractivity contribution in [3.05, 3.63) is 35.4 Å². The van der Waals surface area contributed by atoms with Gasteiger partial charge < -0.3 is 4.74 Å². The molecular formula is C13H14F2O2. The molecule has 2 rings (SSSR count). The number of esters is 1. The van der Waals surface area contributed by atoms with Crippen LogP contribution in [0.5, 0.6) is 0 Å². The molecule has 92 valence electrons. The predicted molar refractivity (Wildman–Crippen MR) is 58.6 cm³/mol. The smallest absolute Gasteiger partial charge is 0.341 e. The van der Waals surface area contributed by atoms with Crippen molar-refractivity contribution in [2.45, 2.75) is 38.2 Å². The van der Waals surface area contributed by atoms with Crippen LogP contribution in [0.1, 0.15) is 42.5 Å². The fourth-order valence-corrected chi connectivity index (χ4v) is 2.05. The summed E-state index contributed by atoms with van der Waals surface area (Å²) in [6.45, 7) is 0. The molecule has 0 heterocycles. The van der Waals surface area contributed by atoms with Gasteiger partial charge >= 0.3 is 5.97 Å². The first-order valence-electron chi connectivity index (χ1n) is 5.83. The van der Waals surface area contributed by atoms with Gasteiger partial charge in [0.15, 0.2) is 0 Å². The number of hydrogen-bond donors (Lipinski definition) is 0. The number of hydrogen-bond acceptors (Lipinski definition) is 2. The molecule has 1 aromatic carbocycles. The van der Waals surface area contributed by atoms with Gasteiger partial charge in [0.1, 0.15) is 17.7 Å². The molecule has 0 aromatic heterocycles. The highest BCUT2D eigenvalue weighted by atomic mass is 19.1. The maximum absolute atomic E-state index is 13.3. The average molecular weight is 240 g/mol. The van der Waals surface area contributed by atoms with E-state index in [0.29, 0.717) is 0 Å². The molecule has 1 fully saturated rings. The van der Waals surface area contributed by atoms with E-state index in [-0.39, 0.29) is 11.7 Å². The van der Waals surface area contributed by atoms with Gasteiger partial charge in [0.2, 0.25) is 0 Å². The fraction of sp³-hybridized carbons (Fsp3) is 0.462. The first-order valence-corrected chi connectivity index (χ1v) is 5.83. The molecule has 0 N–H and O–H groups in total. The van der Waals surface area contributed by atoms with Gasteiger partial charge in [0.25, 0.3) is 0 Å². The number of halogens is 2. The number of rotatable bonds is 2. The van der Waals surface area contributed by atoms with Crippen LogP contribution in [0.3, 0.4) is 0 Å². The van der Waals surface area contributed by atoms with E-state index in [1.54, 1.807) is 0 Å². The predicted octanol–water partition coefficient (Wildman–Crippen LogP) is 3.45. The van der Waals surface area contributed by atoms with E-state index in [1.165, 1.54) is 0 Å². The van der Waals surface area contributed by atoms with Gasteiger partial charge in [0, 0.05) is 0 Å². The molecule has 0 bridgehead atoms. The lowest BCUT2D eigenvalue weighted by atomic mass is 9.98. The van der Waals surface area contributed by atoms with Crippen molar-refractivity contribution >= 4 is 5.97 Å². The number of benzene rings is 1. The average Bonchev–Trinajstić information content (AvgIpc) is 2.33. The Morgan fingerprint density at radius 2 is 1.88 bits per heavy atom. The molecule has 1 aliphatic carbocycles. The van der Waals surface area contributed by atoms with Crippen LogP contribution in [0.25, 0.3) is 0 Å². The Balaban J connectivity index is 2.05. The molecule has 0 spiro atoms. The summed E-state index contributed by atoms with van der Waals surface area (Å²) in [5.74, 6) is -2.15. The lowest BCUT2D eigenvalue weighted by molar-refractivity contribution is 0.0205. The van der Waals surface area contributed by atoms with E-state index in [0.717, 1.165) is 50.3 Å². The second-order valence-electron chi connectivity index (χ2n) is 4.29. The van der Waals surface area contributed by atoms with Gasteiger partial charge in [-0.05, 0) is 43.9 Å². The lowest BCUT2D eigenvalue weighted by Gasteiger charge is -2.21. The van der Waals surface area contributed by atoms with E-state index < -0.39 is 17.6 Å². The molecule has 0 atom stereocenters. The summed E-state index contributed by atoms with van der Waals surface area (Å²) in [6, 6.07) is 2.79.